The molecule has 0 aromatic heterocycles. The molecular formula is C16H29N3O2. The minimum atomic E-state index is -0.158. The molecule has 21 heavy (non-hydrogen) atoms. The van der Waals surface area contributed by atoms with Crippen LogP contribution in [0.25, 0.3) is 0 Å². The van der Waals surface area contributed by atoms with Crippen LogP contribution in [0.4, 0.5) is 0 Å². The van der Waals surface area contributed by atoms with Gasteiger partial charge in [0.25, 0.3) is 0 Å². The van der Waals surface area contributed by atoms with Gasteiger partial charge in [-0.1, -0.05) is 6.92 Å². The lowest BCUT2D eigenvalue weighted by Crippen LogP contribution is -2.40. The minimum Gasteiger partial charge on any atom is -0.356 e. The monoisotopic (exact) mass is 295 g/mol. The van der Waals surface area contributed by atoms with Crippen molar-refractivity contribution in [3.63, 3.8) is 0 Å². The first-order valence-corrected chi connectivity index (χ1v) is 8.39. The van der Waals surface area contributed by atoms with E-state index in [1.807, 2.05) is 4.90 Å². The maximum atomic E-state index is 12.2. The highest BCUT2D eigenvalue weighted by atomic mass is 16.2. The number of carbonyl (C=O) groups is 2. The largest absolute Gasteiger partial charge is 0.356 e. The predicted octanol–water partition coefficient (Wildman–Crippen LogP) is 1.27. The maximum Gasteiger partial charge on any atom is 0.225 e. The van der Waals surface area contributed by atoms with Crippen LogP contribution in [0.15, 0.2) is 0 Å². The van der Waals surface area contributed by atoms with E-state index in [2.05, 4.69) is 12.2 Å². The molecule has 1 aliphatic heterocycles. The smallest absolute Gasteiger partial charge is 0.225 e. The summed E-state index contributed by atoms with van der Waals surface area (Å²) in [6.07, 6.45) is 6.81. The van der Waals surface area contributed by atoms with Gasteiger partial charge in [-0.05, 0) is 51.0 Å². The van der Waals surface area contributed by atoms with Crippen molar-refractivity contribution in [1.82, 2.24) is 10.2 Å². The molecule has 2 rings (SSSR count). The molecule has 2 amide bonds. The topological polar surface area (TPSA) is 75.4 Å². The van der Waals surface area contributed by atoms with Crippen molar-refractivity contribution in [2.75, 3.05) is 19.6 Å². The Bertz CT molecular complexity index is 365. The van der Waals surface area contributed by atoms with Crippen LogP contribution in [0.1, 0.15) is 51.9 Å². The lowest BCUT2D eigenvalue weighted by molar-refractivity contribution is -0.130. The van der Waals surface area contributed by atoms with Crippen LogP contribution in [0.3, 0.4) is 0 Å². The second kappa shape index (κ2) is 7.78. The summed E-state index contributed by atoms with van der Waals surface area (Å²) < 4.78 is 0. The van der Waals surface area contributed by atoms with Crippen molar-refractivity contribution in [3.8, 4) is 0 Å². The third-order valence-corrected chi connectivity index (χ3v) is 4.89. The molecule has 1 saturated carbocycles. The van der Waals surface area contributed by atoms with E-state index in [4.69, 9.17) is 5.73 Å². The Hall–Kier alpha value is -1.10. The fraction of sp³-hybridized carbons (Fsp3) is 0.875. The first-order chi connectivity index (χ1) is 10.1. The highest BCUT2D eigenvalue weighted by molar-refractivity contribution is 5.89. The summed E-state index contributed by atoms with van der Waals surface area (Å²) in [7, 11) is 0. The van der Waals surface area contributed by atoms with Gasteiger partial charge in [0.2, 0.25) is 11.8 Å². The van der Waals surface area contributed by atoms with Crippen LogP contribution in [0.5, 0.6) is 0 Å². The van der Waals surface area contributed by atoms with Gasteiger partial charge >= 0.3 is 0 Å². The number of hydrogen-bond acceptors (Lipinski definition) is 3. The Morgan fingerprint density at radius 3 is 2.67 bits per heavy atom. The molecule has 0 aromatic carbocycles. The standard InChI is InChI=1S/C16H29N3O2/c1-12-4-6-14(7-5-12)19-11-13(10-15(19)20)16(21)18-9-3-2-8-17/h12-14H,2-11,17H2,1H3,(H,18,21). The number of nitrogens with zero attached hydrogens (tertiary/aromatic N) is 1. The third kappa shape index (κ3) is 4.43. The molecule has 0 aromatic rings. The van der Waals surface area contributed by atoms with Crippen LogP contribution < -0.4 is 11.1 Å². The summed E-state index contributed by atoms with van der Waals surface area (Å²) in [5.74, 6) is 0.819. The van der Waals surface area contributed by atoms with Gasteiger partial charge in [-0.2, -0.15) is 0 Å². The zero-order valence-corrected chi connectivity index (χ0v) is 13.1. The third-order valence-electron chi connectivity index (χ3n) is 4.89. The molecule has 1 aliphatic carbocycles. The number of hydrogen-bond donors (Lipinski definition) is 2. The molecule has 5 heteroatoms. The number of unbranched alkanes of at least 4 members (excludes halogenated alkanes) is 1. The van der Waals surface area contributed by atoms with E-state index in [1.54, 1.807) is 0 Å². The molecule has 5 nitrogen and oxygen atoms in total. The van der Waals surface area contributed by atoms with Crippen molar-refractivity contribution in [1.29, 1.82) is 0 Å². The average molecular weight is 295 g/mol. The van der Waals surface area contributed by atoms with Gasteiger partial charge in [-0.25, -0.2) is 0 Å². The Morgan fingerprint density at radius 2 is 2.00 bits per heavy atom. The number of rotatable bonds is 6. The van der Waals surface area contributed by atoms with E-state index in [-0.39, 0.29) is 17.7 Å². The van der Waals surface area contributed by atoms with E-state index in [1.165, 1.54) is 12.8 Å². The second-order valence-corrected chi connectivity index (χ2v) is 6.65. The number of nitrogens with two attached hydrogens (primary N) is 1. The van der Waals surface area contributed by atoms with E-state index < -0.39 is 0 Å². The number of amides is 2. The van der Waals surface area contributed by atoms with Crippen LogP contribution in [-0.2, 0) is 9.59 Å². The zero-order valence-electron chi connectivity index (χ0n) is 13.1. The van der Waals surface area contributed by atoms with E-state index in [0.717, 1.165) is 31.6 Å². The second-order valence-electron chi connectivity index (χ2n) is 6.65. The number of likely N-dealkylation sites (tertiary alicyclic amines) is 1. The Balaban J connectivity index is 1.77. The predicted molar refractivity (Wildman–Crippen MR) is 82.5 cm³/mol. The zero-order chi connectivity index (χ0) is 15.2. The SMILES string of the molecule is CC1CCC(N2CC(C(=O)NCCCCN)CC2=O)CC1. The van der Waals surface area contributed by atoms with Crippen LogP contribution >= 0.6 is 0 Å². The molecule has 0 radical (unpaired) electrons. The summed E-state index contributed by atoms with van der Waals surface area (Å²) >= 11 is 0. The summed E-state index contributed by atoms with van der Waals surface area (Å²) in [6, 6.07) is 0.365. The summed E-state index contributed by atoms with van der Waals surface area (Å²) in [5.41, 5.74) is 5.43. The van der Waals surface area contributed by atoms with Crippen LogP contribution in [0.2, 0.25) is 0 Å². The first kappa shape index (κ1) is 16.3. The van der Waals surface area contributed by atoms with Gasteiger partial charge in [0.1, 0.15) is 0 Å². The van der Waals surface area contributed by atoms with Crippen molar-refractivity contribution in [2.24, 2.45) is 17.6 Å². The number of carbonyl (C=O) groups excluding carboxylic acids is 2. The fourth-order valence-corrected chi connectivity index (χ4v) is 3.44. The molecule has 2 fully saturated rings. The molecular weight excluding hydrogens is 266 g/mol. The van der Waals surface area contributed by atoms with Crippen molar-refractivity contribution >= 4 is 11.8 Å². The molecule has 1 atom stereocenters. The van der Waals surface area contributed by atoms with E-state index in [9.17, 15) is 9.59 Å². The molecule has 1 heterocycles. The fourth-order valence-electron chi connectivity index (χ4n) is 3.44. The molecule has 0 spiro atoms. The van der Waals surface area contributed by atoms with Crippen LogP contribution in [-0.4, -0.2) is 42.4 Å². The Labute approximate surface area is 127 Å². The van der Waals surface area contributed by atoms with Crippen molar-refractivity contribution in [3.05, 3.63) is 0 Å². The highest BCUT2D eigenvalue weighted by Gasteiger charge is 2.38. The number of nitrogens with one attached hydrogen (secondary N) is 1. The Kier molecular flexibility index (Phi) is 6.03. The molecule has 1 saturated heterocycles. The van der Waals surface area contributed by atoms with Crippen LogP contribution in [0, 0.1) is 11.8 Å². The molecule has 1 unspecified atom stereocenters. The Morgan fingerprint density at radius 1 is 1.29 bits per heavy atom. The van der Waals surface area contributed by atoms with Gasteiger partial charge in [0, 0.05) is 25.6 Å². The lowest BCUT2D eigenvalue weighted by atomic mass is 9.87. The highest BCUT2D eigenvalue weighted by Crippen LogP contribution is 2.31. The summed E-state index contributed by atoms with van der Waals surface area (Å²) in [4.78, 5) is 26.3. The molecule has 0 bridgehead atoms. The molecule has 2 aliphatic rings. The van der Waals surface area contributed by atoms with E-state index >= 15 is 0 Å². The quantitative estimate of drug-likeness (QED) is 0.725. The summed E-state index contributed by atoms with van der Waals surface area (Å²) in [5, 5.41) is 2.94. The van der Waals surface area contributed by atoms with Gasteiger partial charge in [0.05, 0.1) is 5.92 Å². The van der Waals surface area contributed by atoms with Gasteiger partial charge in [0.15, 0.2) is 0 Å². The molecule has 3 N–H and O–H groups in total. The maximum absolute atomic E-state index is 12.2. The van der Waals surface area contributed by atoms with Gasteiger partial charge < -0.3 is 16.0 Å². The summed E-state index contributed by atoms with van der Waals surface area (Å²) in [6.45, 7) is 4.22. The van der Waals surface area contributed by atoms with Crippen molar-refractivity contribution < 1.29 is 9.59 Å². The minimum absolute atomic E-state index is 0.0343. The molecule has 120 valence electrons. The van der Waals surface area contributed by atoms with E-state index in [0.29, 0.717) is 32.1 Å². The normalized spacial score (nSPS) is 29.7. The van der Waals surface area contributed by atoms with Crippen molar-refractivity contribution in [2.45, 2.75) is 57.9 Å². The first-order valence-electron chi connectivity index (χ1n) is 8.39. The lowest BCUT2D eigenvalue weighted by Gasteiger charge is -2.33. The van der Waals surface area contributed by atoms with Gasteiger partial charge in [-0.3, -0.25) is 9.59 Å². The average Bonchev–Trinajstić information content (AvgIpc) is 2.86. The van der Waals surface area contributed by atoms with Gasteiger partial charge in [-0.15, -0.1) is 0 Å².